The second-order valence-electron chi connectivity index (χ2n) is 9.76. The van der Waals surface area contributed by atoms with Crippen molar-refractivity contribution in [3.05, 3.63) is 94.9 Å². The average molecular weight is 532 g/mol. The van der Waals surface area contributed by atoms with Crippen LogP contribution in [0, 0.1) is 12.7 Å². The number of aryl methyl sites for hydroxylation is 1. The van der Waals surface area contributed by atoms with Crippen LogP contribution < -0.4 is 0 Å². The molecule has 10 heteroatoms. The third kappa shape index (κ3) is 4.87. The van der Waals surface area contributed by atoms with Crippen molar-refractivity contribution >= 4 is 20.9 Å². The summed E-state index contributed by atoms with van der Waals surface area (Å²) in [6.07, 6.45) is -0.920. The summed E-state index contributed by atoms with van der Waals surface area (Å²) in [6.45, 7) is 2.36. The van der Waals surface area contributed by atoms with Gasteiger partial charge < -0.3 is 0 Å². The van der Waals surface area contributed by atoms with Crippen LogP contribution in [0.15, 0.2) is 66.9 Å². The molecule has 1 atom stereocenters. The van der Waals surface area contributed by atoms with Gasteiger partial charge in [-0.15, -0.1) is 0 Å². The van der Waals surface area contributed by atoms with Gasteiger partial charge >= 0.3 is 6.18 Å². The molecule has 0 radical (unpaired) electrons. The van der Waals surface area contributed by atoms with E-state index in [1.807, 2.05) is 19.1 Å². The topological polar surface area (TPSA) is 55.2 Å². The quantitative estimate of drug-likeness (QED) is 0.314. The highest BCUT2D eigenvalue weighted by Gasteiger charge is 2.44. The maximum absolute atomic E-state index is 13.4. The van der Waals surface area contributed by atoms with Crippen LogP contribution in [0.25, 0.3) is 16.6 Å². The maximum atomic E-state index is 13.4. The lowest BCUT2D eigenvalue weighted by Crippen LogP contribution is -2.36. The van der Waals surface area contributed by atoms with Gasteiger partial charge in [-0.05, 0) is 78.9 Å². The summed E-state index contributed by atoms with van der Waals surface area (Å²) in [5.74, 6) is -0.355. The van der Waals surface area contributed by atoms with Crippen LogP contribution >= 0.6 is 0 Å². The van der Waals surface area contributed by atoms with Crippen molar-refractivity contribution in [2.75, 3.05) is 19.3 Å². The maximum Gasteiger partial charge on any atom is 0.416 e. The van der Waals surface area contributed by atoms with E-state index in [0.717, 1.165) is 40.4 Å². The average Bonchev–Trinajstić information content (AvgIpc) is 3.44. The fourth-order valence-electron chi connectivity index (χ4n) is 5.36. The summed E-state index contributed by atoms with van der Waals surface area (Å²) in [5, 5.41) is 5.26. The van der Waals surface area contributed by atoms with Gasteiger partial charge in [-0.3, -0.25) is 0 Å². The van der Waals surface area contributed by atoms with Gasteiger partial charge in [0.25, 0.3) is 0 Å². The van der Waals surface area contributed by atoms with Gasteiger partial charge in [-0.25, -0.2) is 21.8 Å². The highest BCUT2D eigenvalue weighted by Crippen LogP contribution is 2.42. The summed E-state index contributed by atoms with van der Waals surface area (Å²) in [6, 6.07) is 15.1. The molecule has 1 saturated heterocycles. The molecule has 194 valence electrons. The van der Waals surface area contributed by atoms with E-state index in [1.54, 1.807) is 29.1 Å². The second-order valence-corrected chi connectivity index (χ2v) is 11.7. The molecule has 37 heavy (non-hydrogen) atoms. The van der Waals surface area contributed by atoms with Crippen molar-refractivity contribution in [3.63, 3.8) is 0 Å². The standard InChI is InChI=1S/C27H25F4N3O2S/c1-18-12-25-20(16-32-34(25)23-8-6-22(28)7-9-23)14-24(18)26(10-11-33(17-26)37(2,35)36)15-19-4-3-5-21(13-19)27(29,30)31/h3-9,12-14,16H,10-11,15,17H2,1-2H3. The van der Waals surface area contributed by atoms with E-state index in [2.05, 4.69) is 5.10 Å². The van der Waals surface area contributed by atoms with Gasteiger partial charge in [0.15, 0.2) is 0 Å². The Morgan fingerprint density at radius 1 is 1.05 bits per heavy atom. The molecule has 0 saturated carbocycles. The minimum Gasteiger partial charge on any atom is -0.233 e. The minimum atomic E-state index is -4.47. The first-order valence-electron chi connectivity index (χ1n) is 11.7. The predicted octanol–water partition coefficient (Wildman–Crippen LogP) is 5.64. The number of rotatable bonds is 5. The highest BCUT2D eigenvalue weighted by atomic mass is 32.2. The molecule has 1 aliphatic heterocycles. The Labute approximate surface area is 212 Å². The number of nitrogens with zero attached hydrogens (tertiary/aromatic N) is 3. The summed E-state index contributed by atoms with van der Waals surface area (Å²) in [5.41, 5.74) is 2.27. The lowest BCUT2D eigenvalue weighted by atomic mass is 9.73. The molecule has 3 aromatic carbocycles. The summed E-state index contributed by atoms with van der Waals surface area (Å²) in [4.78, 5) is 0. The molecule has 0 amide bonds. The third-order valence-corrected chi connectivity index (χ3v) is 8.39. The number of sulfonamides is 1. The number of fused-ring (bicyclic) bond motifs is 1. The van der Waals surface area contributed by atoms with Crippen molar-refractivity contribution in [2.24, 2.45) is 0 Å². The minimum absolute atomic E-state index is 0.167. The number of halogens is 4. The number of alkyl halides is 3. The highest BCUT2D eigenvalue weighted by molar-refractivity contribution is 7.88. The van der Waals surface area contributed by atoms with Gasteiger partial charge in [0, 0.05) is 23.9 Å². The van der Waals surface area contributed by atoms with Crippen molar-refractivity contribution < 1.29 is 26.0 Å². The molecule has 1 aromatic heterocycles. The molecule has 1 fully saturated rings. The predicted molar refractivity (Wildman–Crippen MR) is 134 cm³/mol. The first-order chi connectivity index (χ1) is 17.4. The van der Waals surface area contributed by atoms with Crippen LogP contribution in [0.1, 0.15) is 28.7 Å². The van der Waals surface area contributed by atoms with E-state index in [1.165, 1.54) is 22.5 Å². The Morgan fingerprint density at radius 2 is 1.78 bits per heavy atom. The van der Waals surface area contributed by atoms with E-state index in [-0.39, 0.29) is 25.3 Å². The molecule has 0 spiro atoms. The van der Waals surface area contributed by atoms with Crippen LogP contribution in [0.2, 0.25) is 0 Å². The molecule has 0 bridgehead atoms. The van der Waals surface area contributed by atoms with Crippen LogP contribution in [-0.2, 0) is 28.0 Å². The normalized spacial score (nSPS) is 19.1. The second kappa shape index (κ2) is 8.95. The number of benzene rings is 3. The largest absolute Gasteiger partial charge is 0.416 e. The van der Waals surface area contributed by atoms with Gasteiger partial charge in [0.2, 0.25) is 10.0 Å². The van der Waals surface area contributed by atoms with Crippen LogP contribution in [0.3, 0.4) is 0 Å². The van der Waals surface area contributed by atoms with Gasteiger partial charge in [-0.1, -0.05) is 18.2 Å². The Balaban J connectivity index is 1.61. The molecule has 0 N–H and O–H groups in total. The van der Waals surface area contributed by atoms with Gasteiger partial charge in [0.05, 0.1) is 29.2 Å². The summed E-state index contributed by atoms with van der Waals surface area (Å²) >= 11 is 0. The van der Waals surface area contributed by atoms with Crippen LogP contribution in [0.5, 0.6) is 0 Å². The molecule has 5 rings (SSSR count). The summed E-state index contributed by atoms with van der Waals surface area (Å²) in [7, 11) is -3.49. The molecule has 1 unspecified atom stereocenters. The summed E-state index contributed by atoms with van der Waals surface area (Å²) < 4.78 is 81.5. The molecule has 0 aliphatic carbocycles. The molecular formula is C27H25F4N3O2S. The number of aromatic nitrogens is 2. The van der Waals surface area contributed by atoms with Crippen molar-refractivity contribution in [2.45, 2.75) is 31.4 Å². The Hall–Kier alpha value is -3.24. The fourth-order valence-corrected chi connectivity index (χ4v) is 6.27. The Morgan fingerprint density at radius 3 is 2.43 bits per heavy atom. The first-order valence-corrected chi connectivity index (χ1v) is 13.6. The molecule has 2 heterocycles. The molecule has 1 aliphatic rings. The van der Waals surface area contributed by atoms with Crippen LogP contribution in [0.4, 0.5) is 17.6 Å². The van der Waals surface area contributed by atoms with Gasteiger partial charge in [0.1, 0.15) is 5.82 Å². The van der Waals surface area contributed by atoms with E-state index >= 15 is 0 Å². The Kier molecular flexibility index (Phi) is 6.15. The number of hydrogen-bond acceptors (Lipinski definition) is 3. The zero-order chi connectivity index (χ0) is 26.6. The van der Waals surface area contributed by atoms with E-state index in [0.29, 0.717) is 17.7 Å². The molecular weight excluding hydrogens is 506 g/mol. The lowest BCUT2D eigenvalue weighted by Gasteiger charge is -2.32. The van der Waals surface area contributed by atoms with Crippen molar-refractivity contribution in [1.82, 2.24) is 14.1 Å². The first kappa shape index (κ1) is 25.4. The lowest BCUT2D eigenvalue weighted by molar-refractivity contribution is -0.137. The molecule has 5 nitrogen and oxygen atoms in total. The third-order valence-electron chi connectivity index (χ3n) is 7.14. The van der Waals surface area contributed by atoms with E-state index in [4.69, 9.17) is 0 Å². The smallest absolute Gasteiger partial charge is 0.233 e. The van der Waals surface area contributed by atoms with Crippen molar-refractivity contribution in [3.8, 4) is 5.69 Å². The van der Waals surface area contributed by atoms with E-state index < -0.39 is 27.2 Å². The molecule has 4 aromatic rings. The zero-order valence-electron chi connectivity index (χ0n) is 20.3. The zero-order valence-corrected chi connectivity index (χ0v) is 21.1. The van der Waals surface area contributed by atoms with Crippen LogP contribution in [-0.4, -0.2) is 41.8 Å². The van der Waals surface area contributed by atoms with Gasteiger partial charge in [-0.2, -0.15) is 18.3 Å². The SMILES string of the molecule is Cc1cc2c(cnn2-c2ccc(F)cc2)cc1C1(Cc2cccc(C(F)(F)F)c2)CCN(S(C)(=O)=O)C1. The van der Waals surface area contributed by atoms with Crippen molar-refractivity contribution in [1.29, 1.82) is 0 Å². The Bertz CT molecular complexity index is 1580. The fraction of sp³-hybridized carbons (Fsp3) is 0.296. The monoisotopic (exact) mass is 531 g/mol. The van der Waals surface area contributed by atoms with E-state index in [9.17, 15) is 26.0 Å². The number of hydrogen-bond donors (Lipinski definition) is 0.